The maximum Gasteiger partial charge on any atom is 0.0547 e. The molecule has 0 spiro atoms. The molecule has 2 aliphatic carbocycles. The molecule has 0 bridgehead atoms. The van der Waals surface area contributed by atoms with Crippen LogP contribution in [0.3, 0.4) is 0 Å². The van der Waals surface area contributed by atoms with Crippen LogP contribution in [0, 0.1) is 0 Å². The molecule has 0 N–H and O–H groups in total. The van der Waals surface area contributed by atoms with Crippen LogP contribution in [0.15, 0.2) is 60.4 Å². The molecule has 1 heterocycles. The van der Waals surface area contributed by atoms with Crippen molar-refractivity contribution >= 4 is 24.3 Å². The van der Waals surface area contributed by atoms with Gasteiger partial charge < -0.3 is 4.57 Å². The SMILES string of the molecule is C1=CC=c2c3c(n(-c4ccccc4)c2=CC=1)C=CCC=C3.CC. The van der Waals surface area contributed by atoms with Crippen LogP contribution >= 0.6 is 0 Å². The maximum atomic E-state index is 3.16. The van der Waals surface area contributed by atoms with Crippen LogP contribution in [-0.4, -0.2) is 4.57 Å². The van der Waals surface area contributed by atoms with E-state index in [2.05, 4.69) is 77.1 Å². The summed E-state index contributed by atoms with van der Waals surface area (Å²) in [5.41, 5.74) is 6.89. The van der Waals surface area contributed by atoms with Crippen molar-refractivity contribution in [3.63, 3.8) is 0 Å². The molecule has 1 heteroatoms. The number of para-hydroxylation sites is 1. The van der Waals surface area contributed by atoms with Crippen LogP contribution in [-0.2, 0) is 0 Å². The molecule has 0 atom stereocenters. The van der Waals surface area contributed by atoms with E-state index in [0.29, 0.717) is 0 Å². The summed E-state index contributed by atoms with van der Waals surface area (Å²) in [6.45, 7) is 4.00. The number of allylic oxidation sites excluding steroid dienone is 3. The molecule has 0 saturated heterocycles. The van der Waals surface area contributed by atoms with Gasteiger partial charge in [0, 0.05) is 16.5 Å². The van der Waals surface area contributed by atoms with Crippen molar-refractivity contribution in [2.75, 3.05) is 0 Å². The third-order valence-corrected chi connectivity index (χ3v) is 3.85. The Morgan fingerprint density at radius 3 is 2.48 bits per heavy atom. The molecule has 2 aliphatic rings. The van der Waals surface area contributed by atoms with Gasteiger partial charge in [-0.2, -0.15) is 0 Å². The molecule has 0 aliphatic heterocycles. The second-order valence-corrected chi connectivity index (χ2v) is 5.14. The lowest BCUT2D eigenvalue weighted by Gasteiger charge is -2.07. The molecule has 0 amide bonds. The number of nitrogens with zero attached hydrogens (tertiary/aromatic N) is 1. The molecule has 0 fully saturated rings. The molecule has 114 valence electrons. The molecule has 4 rings (SSSR count). The quantitative estimate of drug-likeness (QED) is 0.695. The average Bonchev–Trinajstić information content (AvgIpc) is 2.85. The highest BCUT2D eigenvalue weighted by atomic mass is 15.0. The summed E-state index contributed by atoms with van der Waals surface area (Å²) in [6.07, 6.45) is 18.1. The first kappa shape index (κ1) is 15.1. The minimum atomic E-state index is 0.982. The highest BCUT2D eigenvalue weighted by Crippen LogP contribution is 2.17. The van der Waals surface area contributed by atoms with Gasteiger partial charge in [-0.3, -0.25) is 0 Å². The zero-order valence-electron chi connectivity index (χ0n) is 13.7. The molecular formula is C22H21N. The van der Waals surface area contributed by atoms with E-state index in [0.717, 1.165) is 6.42 Å². The Balaban J connectivity index is 0.000000753. The van der Waals surface area contributed by atoms with E-state index in [1.807, 2.05) is 26.0 Å². The maximum absolute atomic E-state index is 3.16. The number of benzene rings is 1. The van der Waals surface area contributed by atoms with Crippen molar-refractivity contribution in [1.82, 2.24) is 4.57 Å². The fourth-order valence-corrected chi connectivity index (χ4v) is 2.94. The summed E-state index contributed by atoms with van der Waals surface area (Å²) in [7, 11) is 0. The Hall–Kier alpha value is -2.76. The van der Waals surface area contributed by atoms with Crippen LogP contribution in [0.2, 0.25) is 0 Å². The van der Waals surface area contributed by atoms with Crippen molar-refractivity contribution in [1.29, 1.82) is 0 Å². The predicted molar refractivity (Wildman–Crippen MR) is 101 cm³/mol. The zero-order valence-corrected chi connectivity index (χ0v) is 13.7. The lowest BCUT2D eigenvalue weighted by Crippen LogP contribution is -2.28. The second-order valence-electron chi connectivity index (χ2n) is 5.14. The van der Waals surface area contributed by atoms with Crippen molar-refractivity contribution in [2.24, 2.45) is 0 Å². The van der Waals surface area contributed by atoms with Crippen molar-refractivity contribution in [2.45, 2.75) is 20.3 Å². The Kier molecular flexibility index (Phi) is 4.61. The van der Waals surface area contributed by atoms with E-state index in [1.165, 1.54) is 27.5 Å². The van der Waals surface area contributed by atoms with E-state index in [1.54, 1.807) is 0 Å². The van der Waals surface area contributed by atoms with E-state index in [9.17, 15) is 0 Å². The fraction of sp³-hybridized carbons (Fsp3) is 0.136. The number of hydrogen-bond acceptors (Lipinski definition) is 0. The molecule has 0 saturated carbocycles. The summed E-state index contributed by atoms with van der Waals surface area (Å²) < 4.78 is 2.32. The lowest BCUT2D eigenvalue weighted by atomic mass is 10.2. The third kappa shape index (κ3) is 2.79. The Morgan fingerprint density at radius 1 is 0.913 bits per heavy atom. The summed E-state index contributed by atoms with van der Waals surface area (Å²) in [5, 5.41) is 2.47. The highest BCUT2D eigenvalue weighted by Gasteiger charge is 2.13. The predicted octanol–water partition coefficient (Wildman–Crippen LogP) is 4.22. The van der Waals surface area contributed by atoms with Gasteiger partial charge in [-0.25, -0.2) is 0 Å². The minimum Gasteiger partial charge on any atom is -0.309 e. The van der Waals surface area contributed by atoms with Gasteiger partial charge in [-0.1, -0.05) is 50.3 Å². The first-order valence-corrected chi connectivity index (χ1v) is 8.21. The smallest absolute Gasteiger partial charge is 0.0547 e. The van der Waals surface area contributed by atoms with Crippen molar-refractivity contribution in [3.05, 3.63) is 82.2 Å². The molecule has 1 aromatic heterocycles. The van der Waals surface area contributed by atoms with E-state index >= 15 is 0 Å². The number of fused-ring (bicyclic) bond motifs is 3. The van der Waals surface area contributed by atoms with Crippen molar-refractivity contribution in [3.8, 4) is 5.69 Å². The van der Waals surface area contributed by atoms with Crippen LogP contribution in [0.4, 0.5) is 0 Å². The van der Waals surface area contributed by atoms with Gasteiger partial charge in [0.2, 0.25) is 0 Å². The van der Waals surface area contributed by atoms with Gasteiger partial charge in [-0.05, 0) is 48.9 Å². The summed E-state index contributed by atoms with van der Waals surface area (Å²) in [4.78, 5) is 0. The molecule has 1 nitrogen and oxygen atoms in total. The van der Waals surface area contributed by atoms with Crippen LogP contribution in [0.25, 0.3) is 30.0 Å². The zero-order chi connectivity index (χ0) is 16.1. The van der Waals surface area contributed by atoms with E-state index < -0.39 is 0 Å². The topological polar surface area (TPSA) is 4.93 Å². The second kappa shape index (κ2) is 7.00. The Bertz CT molecular complexity index is 928. The Labute approximate surface area is 137 Å². The Morgan fingerprint density at radius 2 is 1.65 bits per heavy atom. The third-order valence-electron chi connectivity index (χ3n) is 3.85. The largest absolute Gasteiger partial charge is 0.309 e. The first-order chi connectivity index (χ1) is 11.4. The van der Waals surface area contributed by atoms with Gasteiger partial charge in [-0.15, -0.1) is 5.73 Å². The monoisotopic (exact) mass is 299 g/mol. The van der Waals surface area contributed by atoms with Gasteiger partial charge in [0.15, 0.2) is 0 Å². The molecular weight excluding hydrogens is 278 g/mol. The van der Waals surface area contributed by atoms with Crippen LogP contribution < -0.4 is 10.6 Å². The summed E-state index contributed by atoms with van der Waals surface area (Å²) in [5.74, 6) is 0. The highest BCUT2D eigenvalue weighted by molar-refractivity contribution is 5.71. The number of hydrogen-bond donors (Lipinski definition) is 0. The van der Waals surface area contributed by atoms with E-state index in [-0.39, 0.29) is 0 Å². The van der Waals surface area contributed by atoms with Gasteiger partial charge in [0.05, 0.1) is 11.0 Å². The number of aromatic nitrogens is 1. The van der Waals surface area contributed by atoms with Gasteiger partial charge in [0.1, 0.15) is 0 Å². The minimum absolute atomic E-state index is 0.982. The van der Waals surface area contributed by atoms with E-state index in [4.69, 9.17) is 0 Å². The molecule has 2 aromatic rings. The van der Waals surface area contributed by atoms with Crippen LogP contribution in [0.1, 0.15) is 31.5 Å². The fourth-order valence-electron chi connectivity index (χ4n) is 2.94. The summed E-state index contributed by atoms with van der Waals surface area (Å²) >= 11 is 0. The molecule has 1 aromatic carbocycles. The van der Waals surface area contributed by atoms with Gasteiger partial charge in [0.25, 0.3) is 0 Å². The van der Waals surface area contributed by atoms with Crippen molar-refractivity contribution < 1.29 is 0 Å². The molecule has 0 radical (unpaired) electrons. The molecule has 23 heavy (non-hydrogen) atoms. The normalized spacial score (nSPS) is 13.7. The first-order valence-electron chi connectivity index (χ1n) is 8.21. The standard InChI is InChI=1S/C20H15N.C2H6/c1-4-10-16(11-5-1)21-19-14-8-2-6-12-17(19)18-13-7-3-9-15-20(18)21;1-2/h1,4-15H,2H2;1-2H3. The average molecular weight is 299 g/mol. The summed E-state index contributed by atoms with van der Waals surface area (Å²) in [6, 6.07) is 10.5. The van der Waals surface area contributed by atoms with Crippen LogP contribution in [0.5, 0.6) is 0 Å². The lowest BCUT2D eigenvalue weighted by molar-refractivity contribution is 1.01. The molecule has 0 unspecified atom stereocenters. The van der Waals surface area contributed by atoms with Gasteiger partial charge >= 0.3 is 0 Å². The number of rotatable bonds is 1.